The maximum Gasteiger partial charge on any atom is 0.325 e. The predicted molar refractivity (Wildman–Crippen MR) is 112 cm³/mol. The average Bonchev–Trinajstić information content (AvgIpc) is 3.24. The van der Waals surface area contributed by atoms with Crippen molar-refractivity contribution in [1.29, 1.82) is 0 Å². The third-order valence-electron chi connectivity index (χ3n) is 4.58. The molecule has 10 heteroatoms. The molecule has 0 spiro atoms. The van der Waals surface area contributed by atoms with Crippen molar-refractivity contribution in [2.45, 2.75) is 45.7 Å². The Hall–Kier alpha value is -3.01. The first-order chi connectivity index (χ1) is 14.4. The number of methoxy groups -OCH3 is 1. The van der Waals surface area contributed by atoms with Crippen LogP contribution in [-0.2, 0) is 22.6 Å². The number of para-hydroxylation sites is 1. The molecule has 2 N–H and O–H groups in total. The molecule has 160 valence electrons. The molecule has 4 amide bonds. The van der Waals surface area contributed by atoms with Gasteiger partial charge >= 0.3 is 6.03 Å². The summed E-state index contributed by atoms with van der Waals surface area (Å²) in [5.41, 5.74) is 0.732. The van der Waals surface area contributed by atoms with Gasteiger partial charge in [0.15, 0.2) is 0 Å². The minimum Gasteiger partial charge on any atom is -0.496 e. The summed E-state index contributed by atoms with van der Waals surface area (Å²) in [4.78, 5) is 38.3. The maximum absolute atomic E-state index is 12.6. The van der Waals surface area contributed by atoms with Crippen molar-refractivity contribution < 1.29 is 19.1 Å². The summed E-state index contributed by atoms with van der Waals surface area (Å²) < 4.78 is 5.28. The molecule has 2 aromatic rings. The van der Waals surface area contributed by atoms with Crippen molar-refractivity contribution in [2.24, 2.45) is 5.92 Å². The smallest absolute Gasteiger partial charge is 0.325 e. The van der Waals surface area contributed by atoms with Gasteiger partial charge in [0.25, 0.3) is 5.91 Å². The molecule has 1 aromatic heterocycles. The number of anilines is 1. The standard InChI is InChI=1S/C20H25N5O4S/c1-12(2)10-17-23-24-19(30-17)22-16(26)9-8-14-18(27)25(20(28)21-14)11-13-6-4-5-7-15(13)29-3/h4-7,12,14H,8-11H2,1-3H3,(H,21,28)(H,22,24,26). The Labute approximate surface area is 178 Å². The third kappa shape index (κ3) is 5.32. The van der Waals surface area contributed by atoms with Crippen LogP contribution in [-0.4, -0.2) is 46.1 Å². The fourth-order valence-corrected chi connectivity index (χ4v) is 4.09. The molecular weight excluding hydrogens is 406 g/mol. The first kappa shape index (κ1) is 21.7. The van der Waals surface area contributed by atoms with Crippen LogP contribution in [0.15, 0.2) is 24.3 Å². The Bertz CT molecular complexity index is 929. The van der Waals surface area contributed by atoms with Crippen LogP contribution in [0.3, 0.4) is 0 Å². The Balaban J connectivity index is 1.52. The van der Waals surface area contributed by atoms with Crippen LogP contribution in [0, 0.1) is 5.92 Å². The average molecular weight is 432 g/mol. The molecule has 9 nitrogen and oxygen atoms in total. The molecule has 0 saturated carbocycles. The highest BCUT2D eigenvalue weighted by Gasteiger charge is 2.38. The SMILES string of the molecule is COc1ccccc1CN1C(=O)NC(CCC(=O)Nc2nnc(CC(C)C)s2)C1=O. The molecule has 1 aliphatic rings. The Kier molecular flexibility index (Phi) is 6.99. The van der Waals surface area contributed by atoms with E-state index in [9.17, 15) is 14.4 Å². The summed E-state index contributed by atoms with van der Waals surface area (Å²) in [6.07, 6.45) is 1.09. The van der Waals surface area contributed by atoms with Gasteiger partial charge in [-0.2, -0.15) is 0 Å². The number of hydrogen-bond acceptors (Lipinski definition) is 7. The number of nitrogens with one attached hydrogen (secondary N) is 2. The topological polar surface area (TPSA) is 114 Å². The molecule has 1 aliphatic heterocycles. The Morgan fingerprint density at radius 1 is 1.30 bits per heavy atom. The van der Waals surface area contributed by atoms with Gasteiger partial charge in [0.05, 0.1) is 13.7 Å². The van der Waals surface area contributed by atoms with E-state index in [4.69, 9.17) is 4.74 Å². The zero-order valence-electron chi connectivity index (χ0n) is 17.2. The number of aromatic nitrogens is 2. The molecule has 1 fully saturated rings. The number of carbonyl (C=O) groups is 3. The molecule has 0 aliphatic carbocycles. The zero-order valence-corrected chi connectivity index (χ0v) is 18.0. The van der Waals surface area contributed by atoms with Gasteiger partial charge in [-0.05, 0) is 18.4 Å². The summed E-state index contributed by atoms with van der Waals surface area (Å²) in [7, 11) is 1.54. The summed E-state index contributed by atoms with van der Waals surface area (Å²) in [5.74, 6) is 0.438. The molecule has 1 saturated heterocycles. The molecule has 1 unspecified atom stereocenters. The van der Waals surface area contributed by atoms with Crippen molar-refractivity contribution in [1.82, 2.24) is 20.4 Å². The summed E-state index contributed by atoms with van der Waals surface area (Å²) >= 11 is 1.34. The van der Waals surface area contributed by atoms with E-state index in [0.29, 0.717) is 16.8 Å². The van der Waals surface area contributed by atoms with Gasteiger partial charge in [0, 0.05) is 18.4 Å². The fraction of sp³-hybridized carbons (Fsp3) is 0.450. The molecule has 1 aromatic carbocycles. The predicted octanol–water partition coefficient (Wildman–Crippen LogP) is 2.58. The lowest BCUT2D eigenvalue weighted by Crippen LogP contribution is -2.31. The van der Waals surface area contributed by atoms with Crippen LogP contribution < -0.4 is 15.4 Å². The second-order valence-electron chi connectivity index (χ2n) is 7.42. The first-order valence-corrected chi connectivity index (χ1v) is 10.5. The van der Waals surface area contributed by atoms with Crippen molar-refractivity contribution in [3.8, 4) is 5.75 Å². The second kappa shape index (κ2) is 9.66. The molecule has 30 heavy (non-hydrogen) atoms. The largest absolute Gasteiger partial charge is 0.496 e. The van der Waals surface area contributed by atoms with E-state index < -0.39 is 12.1 Å². The van der Waals surface area contributed by atoms with E-state index in [0.717, 1.165) is 21.9 Å². The zero-order chi connectivity index (χ0) is 21.7. The summed E-state index contributed by atoms with van der Waals surface area (Å²) in [6.45, 7) is 4.29. The molecule has 0 radical (unpaired) electrons. The van der Waals surface area contributed by atoms with Gasteiger partial charge in [0.2, 0.25) is 11.0 Å². The number of urea groups is 1. The van der Waals surface area contributed by atoms with Crippen LogP contribution in [0.1, 0.15) is 37.3 Å². The van der Waals surface area contributed by atoms with Crippen molar-refractivity contribution in [3.63, 3.8) is 0 Å². The van der Waals surface area contributed by atoms with E-state index in [-0.39, 0.29) is 31.2 Å². The van der Waals surface area contributed by atoms with Gasteiger partial charge in [-0.15, -0.1) is 10.2 Å². The molecular formula is C20H25N5O4S. The highest BCUT2D eigenvalue weighted by atomic mass is 32.1. The Morgan fingerprint density at radius 2 is 2.07 bits per heavy atom. The monoisotopic (exact) mass is 431 g/mol. The number of benzene rings is 1. The van der Waals surface area contributed by atoms with Gasteiger partial charge < -0.3 is 15.4 Å². The first-order valence-electron chi connectivity index (χ1n) is 9.73. The summed E-state index contributed by atoms with van der Waals surface area (Å²) in [6, 6.07) is 6.01. The maximum atomic E-state index is 12.6. The van der Waals surface area contributed by atoms with Crippen LogP contribution >= 0.6 is 11.3 Å². The number of rotatable bonds is 9. The van der Waals surface area contributed by atoms with Gasteiger partial charge in [0.1, 0.15) is 16.8 Å². The van der Waals surface area contributed by atoms with E-state index >= 15 is 0 Å². The van der Waals surface area contributed by atoms with Crippen LogP contribution in [0.5, 0.6) is 5.75 Å². The van der Waals surface area contributed by atoms with Crippen LogP contribution in [0.4, 0.5) is 9.93 Å². The van der Waals surface area contributed by atoms with E-state index in [1.165, 1.54) is 18.4 Å². The third-order valence-corrected chi connectivity index (χ3v) is 5.45. The lowest BCUT2D eigenvalue weighted by Gasteiger charge is -2.15. The van der Waals surface area contributed by atoms with E-state index in [1.54, 1.807) is 12.1 Å². The van der Waals surface area contributed by atoms with Gasteiger partial charge in [-0.3, -0.25) is 14.5 Å². The lowest BCUT2D eigenvalue weighted by atomic mass is 10.1. The molecule has 2 heterocycles. The molecule has 0 bridgehead atoms. The van der Waals surface area contributed by atoms with E-state index in [2.05, 4.69) is 34.7 Å². The normalized spacial score (nSPS) is 16.1. The quantitative estimate of drug-likeness (QED) is 0.590. The van der Waals surface area contributed by atoms with Crippen molar-refractivity contribution >= 4 is 34.3 Å². The van der Waals surface area contributed by atoms with Crippen molar-refractivity contribution in [2.75, 3.05) is 12.4 Å². The molecule has 1 atom stereocenters. The van der Waals surface area contributed by atoms with Crippen LogP contribution in [0.25, 0.3) is 0 Å². The number of hydrogen-bond donors (Lipinski definition) is 2. The van der Waals surface area contributed by atoms with Gasteiger partial charge in [-0.1, -0.05) is 43.4 Å². The fourth-order valence-electron chi connectivity index (χ4n) is 3.12. The van der Waals surface area contributed by atoms with E-state index in [1.807, 2.05) is 12.1 Å². The number of imide groups is 1. The van der Waals surface area contributed by atoms with Crippen LogP contribution in [0.2, 0.25) is 0 Å². The highest BCUT2D eigenvalue weighted by Crippen LogP contribution is 2.23. The van der Waals surface area contributed by atoms with Gasteiger partial charge in [-0.25, -0.2) is 4.79 Å². The number of ether oxygens (including phenoxy) is 1. The minimum absolute atomic E-state index is 0.0816. The summed E-state index contributed by atoms with van der Waals surface area (Å²) in [5, 5.41) is 14.7. The highest BCUT2D eigenvalue weighted by molar-refractivity contribution is 7.15. The molecule has 3 rings (SSSR count). The minimum atomic E-state index is -0.733. The van der Waals surface area contributed by atoms with Crippen molar-refractivity contribution in [3.05, 3.63) is 34.8 Å². The number of amides is 4. The Morgan fingerprint density at radius 3 is 2.80 bits per heavy atom. The second-order valence-corrected chi connectivity index (χ2v) is 8.49. The number of nitrogens with zero attached hydrogens (tertiary/aromatic N) is 3. The number of carbonyl (C=O) groups excluding carboxylic acids is 3. The lowest BCUT2D eigenvalue weighted by molar-refractivity contribution is -0.128.